The van der Waals surface area contributed by atoms with E-state index in [4.69, 9.17) is 15.0 Å². The first kappa shape index (κ1) is 29.2. The lowest BCUT2D eigenvalue weighted by Gasteiger charge is -2.12. The van der Waals surface area contributed by atoms with Crippen LogP contribution in [0.25, 0.3) is 111 Å². The number of fused-ring (bicyclic) bond motifs is 7. The van der Waals surface area contributed by atoms with Gasteiger partial charge in [-0.05, 0) is 64.7 Å². The number of nitrogens with zero attached hydrogens (tertiary/aromatic N) is 5. The van der Waals surface area contributed by atoms with Crippen molar-refractivity contribution in [2.45, 2.75) is 0 Å². The molecule has 0 amide bonds. The van der Waals surface area contributed by atoms with Crippen LogP contribution in [0.3, 0.4) is 0 Å². The molecule has 250 valence electrons. The first-order valence-corrected chi connectivity index (χ1v) is 18.3. The van der Waals surface area contributed by atoms with Gasteiger partial charge in [0.25, 0.3) is 0 Å². The van der Waals surface area contributed by atoms with Crippen molar-refractivity contribution in [3.63, 3.8) is 0 Å². The van der Waals surface area contributed by atoms with Gasteiger partial charge < -0.3 is 8.97 Å². The van der Waals surface area contributed by atoms with Crippen LogP contribution in [0.1, 0.15) is 0 Å². The molecular weight excluding hydrogens is 659 g/mol. The van der Waals surface area contributed by atoms with Crippen LogP contribution >= 0.6 is 0 Å². The molecule has 12 rings (SSSR count). The van der Waals surface area contributed by atoms with Crippen molar-refractivity contribution >= 4 is 70.7 Å². The van der Waals surface area contributed by atoms with E-state index < -0.39 is 0 Å². The Kier molecular flexibility index (Phi) is 5.99. The summed E-state index contributed by atoms with van der Waals surface area (Å²) in [5.41, 5.74) is 9.80. The molecule has 54 heavy (non-hydrogen) atoms. The molecule has 5 nitrogen and oxygen atoms in total. The number of aromatic nitrogens is 5. The lowest BCUT2D eigenvalue weighted by atomic mass is 10.0. The highest BCUT2D eigenvalue weighted by molar-refractivity contribution is 6.33. The fourth-order valence-electron chi connectivity index (χ4n) is 8.70. The minimum absolute atomic E-state index is 0.631. The van der Waals surface area contributed by atoms with Crippen LogP contribution in [0.4, 0.5) is 0 Å². The van der Waals surface area contributed by atoms with Gasteiger partial charge in [-0.2, -0.15) is 0 Å². The van der Waals surface area contributed by atoms with Crippen molar-refractivity contribution in [2.24, 2.45) is 0 Å². The van der Waals surface area contributed by atoms with Crippen molar-refractivity contribution < 1.29 is 0 Å². The molecule has 12 aromatic rings. The zero-order valence-electron chi connectivity index (χ0n) is 29.0. The molecule has 0 atom stereocenters. The molecule has 0 spiro atoms. The summed E-state index contributed by atoms with van der Waals surface area (Å²) in [6.07, 6.45) is 0. The summed E-state index contributed by atoms with van der Waals surface area (Å²) in [4.78, 5) is 15.6. The molecule has 0 saturated carbocycles. The second kappa shape index (κ2) is 11.1. The number of benzene rings is 8. The van der Waals surface area contributed by atoms with Gasteiger partial charge in [0, 0.05) is 49.3 Å². The van der Waals surface area contributed by atoms with Gasteiger partial charge in [0.1, 0.15) is 0 Å². The molecule has 0 aliphatic heterocycles. The van der Waals surface area contributed by atoms with Crippen molar-refractivity contribution in [2.75, 3.05) is 0 Å². The van der Waals surface area contributed by atoms with Gasteiger partial charge in [0.05, 0.1) is 27.6 Å². The first-order chi connectivity index (χ1) is 26.8. The van der Waals surface area contributed by atoms with Crippen LogP contribution in [-0.2, 0) is 0 Å². The molecule has 0 fully saturated rings. The second-order valence-corrected chi connectivity index (χ2v) is 14.0. The highest BCUT2D eigenvalue weighted by Gasteiger charge is 2.24. The average Bonchev–Trinajstić information content (AvgIpc) is 3.72. The fraction of sp³-hybridized carbons (Fsp3) is 0. The Bertz CT molecular complexity index is 3430. The van der Waals surface area contributed by atoms with E-state index in [1.807, 2.05) is 18.2 Å². The molecule has 0 radical (unpaired) electrons. The normalized spacial score (nSPS) is 12.1. The van der Waals surface area contributed by atoms with E-state index in [9.17, 15) is 0 Å². The maximum Gasteiger partial charge on any atom is 0.164 e. The molecule has 0 aliphatic rings. The Balaban J connectivity index is 1.25. The van der Waals surface area contributed by atoms with E-state index in [-0.39, 0.29) is 0 Å². The summed E-state index contributed by atoms with van der Waals surface area (Å²) >= 11 is 0. The van der Waals surface area contributed by atoms with Gasteiger partial charge in [-0.15, -0.1) is 0 Å². The largest absolute Gasteiger partial charge is 0.309 e. The predicted molar refractivity (Wildman–Crippen MR) is 223 cm³/mol. The monoisotopic (exact) mass is 687 g/mol. The van der Waals surface area contributed by atoms with E-state index in [0.29, 0.717) is 17.5 Å². The maximum atomic E-state index is 5.27. The topological polar surface area (TPSA) is 48.0 Å². The number of para-hydroxylation sites is 3. The number of rotatable bonds is 4. The van der Waals surface area contributed by atoms with Crippen LogP contribution in [0.15, 0.2) is 176 Å². The van der Waals surface area contributed by atoms with E-state index >= 15 is 0 Å². The molecule has 0 aliphatic carbocycles. The smallest absolute Gasteiger partial charge is 0.164 e. The van der Waals surface area contributed by atoms with Gasteiger partial charge in [-0.25, -0.2) is 15.0 Å². The van der Waals surface area contributed by atoms with Crippen LogP contribution in [0.5, 0.6) is 0 Å². The van der Waals surface area contributed by atoms with Crippen molar-refractivity contribution in [1.82, 2.24) is 23.9 Å². The molecule has 4 heterocycles. The van der Waals surface area contributed by atoms with Gasteiger partial charge in [0.15, 0.2) is 17.5 Å². The van der Waals surface area contributed by atoms with Gasteiger partial charge in [-0.1, -0.05) is 127 Å². The van der Waals surface area contributed by atoms with Gasteiger partial charge in [0.2, 0.25) is 0 Å². The summed E-state index contributed by atoms with van der Waals surface area (Å²) in [6, 6.07) is 62.5. The predicted octanol–water partition coefficient (Wildman–Crippen LogP) is 12.3. The molecule has 8 aromatic carbocycles. The lowest BCUT2D eigenvalue weighted by Crippen LogP contribution is -2.01. The Morgan fingerprint density at radius 1 is 0.333 bits per heavy atom. The summed E-state index contributed by atoms with van der Waals surface area (Å²) in [6.45, 7) is 0. The van der Waals surface area contributed by atoms with E-state index in [0.717, 1.165) is 49.7 Å². The number of hydrogen-bond donors (Lipinski definition) is 0. The Labute approximate surface area is 309 Å². The standard InChI is InChI=1S/C49H29N5/c1-3-14-31(15-4-1)47-50-48(33-24-23-30-13-7-8-16-32(30)27-33)52-49(51-47)34-28-39-37-20-10-12-22-41(37)54-40-21-11-9-19-36(40)38-25-26-42-45(46(38)54)44(39)43(29-34)53(42)35-17-5-2-6-18-35/h1-29H. The van der Waals surface area contributed by atoms with Crippen LogP contribution in [0.2, 0.25) is 0 Å². The highest BCUT2D eigenvalue weighted by atomic mass is 15.0. The van der Waals surface area contributed by atoms with Crippen molar-refractivity contribution in [3.8, 4) is 39.9 Å². The molecule has 0 bridgehead atoms. The Morgan fingerprint density at radius 2 is 0.944 bits per heavy atom. The van der Waals surface area contributed by atoms with E-state index in [1.54, 1.807) is 0 Å². The maximum absolute atomic E-state index is 5.27. The second-order valence-electron chi connectivity index (χ2n) is 14.0. The van der Waals surface area contributed by atoms with Crippen LogP contribution in [0, 0.1) is 0 Å². The van der Waals surface area contributed by atoms with E-state index in [2.05, 4.69) is 167 Å². The minimum atomic E-state index is 0.631. The third-order valence-corrected chi connectivity index (χ3v) is 11.0. The zero-order chi connectivity index (χ0) is 35.3. The van der Waals surface area contributed by atoms with E-state index in [1.165, 1.54) is 43.4 Å². The van der Waals surface area contributed by atoms with Crippen molar-refractivity contribution in [3.05, 3.63) is 176 Å². The SMILES string of the molecule is c1ccc(-c2nc(-c3ccc4ccccc4c3)nc(-c3cc4c5ccccc5n5c6ccccc6c6ccc7c(c4c(c3)n7-c3ccccc3)c65)n2)cc1. The summed E-state index contributed by atoms with van der Waals surface area (Å²) < 4.78 is 4.89. The zero-order valence-corrected chi connectivity index (χ0v) is 29.0. The molecule has 5 heteroatoms. The lowest BCUT2D eigenvalue weighted by molar-refractivity contribution is 1.07. The first-order valence-electron chi connectivity index (χ1n) is 18.3. The fourth-order valence-corrected chi connectivity index (χ4v) is 8.70. The Hall–Kier alpha value is -7.37. The Morgan fingerprint density at radius 3 is 1.70 bits per heavy atom. The summed E-state index contributed by atoms with van der Waals surface area (Å²) in [5, 5.41) is 9.63. The molecule has 0 N–H and O–H groups in total. The van der Waals surface area contributed by atoms with Crippen LogP contribution < -0.4 is 0 Å². The molecular formula is C49H29N5. The van der Waals surface area contributed by atoms with Crippen molar-refractivity contribution in [1.29, 1.82) is 0 Å². The number of hydrogen-bond acceptors (Lipinski definition) is 3. The highest BCUT2D eigenvalue weighted by Crippen LogP contribution is 2.46. The average molecular weight is 688 g/mol. The quantitative estimate of drug-likeness (QED) is 0.185. The third-order valence-electron chi connectivity index (χ3n) is 11.0. The van der Waals surface area contributed by atoms with Crippen LogP contribution in [-0.4, -0.2) is 23.9 Å². The summed E-state index contributed by atoms with van der Waals surface area (Å²) in [7, 11) is 0. The third kappa shape index (κ3) is 4.12. The molecule has 0 unspecified atom stereocenters. The van der Waals surface area contributed by atoms with Gasteiger partial charge >= 0.3 is 0 Å². The van der Waals surface area contributed by atoms with Gasteiger partial charge in [-0.3, -0.25) is 0 Å². The summed E-state index contributed by atoms with van der Waals surface area (Å²) in [5.74, 6) is 1.92. The minimum Gasteiger partial charge on any atom is -0.309 e. The molecule has 4 aromatic heterocycles. The molecule has 0 saturated heterocycles.